The van der Waals surface area contributed by atoms with Gasteiger partial charge in [0.2, 0.25) is 0 Å². The highest BCUT2D eigenvalue weighted by molar-refractivity contribution is 6.05. The maximum absolute atomic E-state index is 13.4. The number of benzene rings is 2. The fraction of sp³-hybridized carbons (Fsp3) is 0.350. The van der Waals surface area contributed by atoms with Gasteiger partial charge in [-0.2, -0.15) is 13.2 Å². The van der Waals surface area contributed by atoms with Gasteiger partial charge in [0.1, 0.15) is 0 Å². The van der Waals surface area contributed by atoms with E-state index in [4.69, 9.17) is 0 Å². The molecule has 0 bridgehead atoms. The van der Waals surface area contributed by atoms with Crippen molar-refractivity contribution >= 4 is 17.3 Å². The van der Waals surface area contributed by atoms with Crippen molar-refractivity contribution in [2.45, 2.75) is 13.1 Å². The minimum atomic E-state index is -4.51. The Morgan fingerprint density at radius 2 is 1.63 bits per heavy atom. The van der Waals surface area contributed by atoms with Crippen LogP contribution in [0.15, 0.2) is 42.5 Å². The van der Waals surface area contributed by atoms with Crippen LogP contribution < -0.4 is 10.2 Å². The predicted octanol–water partition coefficient (Wildman–Crippen LogP) is 4.02. The largest absolute Gasteiger partial charge is 0.416 e. The maximum atomic E-state index is 13.4. The van der Waals surface area contributed by atoms with Crippen LogP contribution in [-0.4, -0.2) is 44.0 Å². The van der Waals surface area contributed by atoms with Gasteiger partial charge in [0.05, 0.1) is 5.56 Å². The van der Waals surface area contributed by atoms with Crippen LogP contribution in [0.1, 0.15) is 21.5 Å². The average Bonchev–Trinajstić information content (AvgIpc) is 2.63. The number of hydrogen-bond acceptors (Lipinski definition) is 3. The van der Waals surface area contributed by atoms with Crippen LogP contribution in [0.25, 0.3) is 0 Å². The van der Waals surface area contributed by atoms with Crippen LogP contribution in [0.3, 0.4) is 0 Å². The van der Waals surface area contributed by atoms with Crippen molar-refractivity contribution in [1.29, 1.82) is 0 Å². The topological polar surface area (TPSA) is 35.6 Å². The van der Waals surface area contributed by atoms with Crippen molar-refractivity contribution in [3.05, 3.63) is 59.2 Å². The lowest BCUT2D eigenvalue weighted by molar-refractivity contribution is -0.137. The third-order valence-corrected chi connectivity index (χ3v) is 4.69. The number of hydrogen-bond donors (Lipinski definition) is 1. The molecule has 2 aromatic rings. The summed E-state index contributed by atoms with van der Waals surface area (Å²) in [6, 6.07) is 10.7. The lowest BCUT2D eigenvalue weighted by Gasteiger charge is -2.34. The maximum Gasteiger partial charge on any atom is 0.416 e. The van der Waals surface area contributed by atoms with Crippen molar-refractivity contribution in [3.63, 3.8) is 0 Å². The molecule has 1 aliphatic rings. The molecule has 1 N–H and O–H groups in total. The zero-order chi connectivity index (χ0) is 19.6. The number of alkyl halides is 3. The molecular weight excluding hydrogens is 355 g/mol. The van der Waals surface area contributed by atoms with Crippen LogP contribution in [0, 0.1) is 6.92 Å². The Balaban J connectivity index is 1.90. The van der Waals surface area contributed by atoms with Gasteiger partial charge in [-0.1, -0.05) is 17.7 Å². The Labute approximate surface area is 156 Å². The number of anilines is 2. The highest BCUT2D eigenvalue weighted by atomic mass is 19.4. The molecule has 0 aliphatic carbocycles. The van der Waals surface area contributed by atoms with Crippen LogP contribution in [-0.2, 0) is 6.18 Å². The molecule has 1 amide bonds. The number of nitrogens with one attached hydrogen (secondary N) is 1. The third-order valence-electron chi connectivity index (χ3n) is 4.69. The first kappa shape index (κ1) is 19.2. The Morgan fingerprint density at radius 3 is 2.22 bits per heavy atom. The summed E-state index contributed by atoms with van der Waals surface area (Å²) in [5.41, 5.74) is 1.19. The van der Waals surface area contributed by atoms with Gasteiger partial charge in [-0.25, -0.2) is 0 Å². The molecule has 1 heterocycles. The number of carbonyl (C=O) groups excluding carboxylic acids is 1. The third kappa shape index (κ3) is 4.80. The molecular formula is C20H22F3N3O. The Kier molecular flexibility index (Phi) is 5.41. The smallest absolute Gasteiger partial charge is 0.369 e. The molecule has 1 saturated heterocycles. The summed E-state index contributed by atoms with van der Waals surface area (Å²) in [6.07, 6.45) is -4.51. The normalized spacial score (nSPS) is 15.7. The van der Waals surface area contributed by atoms with E-state index in [1.165, 1.54) is 6.07 Å². The Bertz CT molecular complexity index is 810. The standard InChI is InChI=1S/C20H22F3N3O/c1-14-3-5-17(6-4-14)24-19(27)15-11-16(20(21,22)23)13-18(12-15)26-9-7-25(2)8-10-26/h3-6,11-13H,7-10H2,1-2H3,(H,24,27). The summed E-state index contributed by atoms with van der Waals surface area (Å²) in [7, 11) is 1.98. The molecule has 1 fully saturated rings. The van der Waals surface area contributed by atoms with Crippen molar-refractivity contribution in [1.82, 2.24) is 4.90 Å². The summed E-state index contributed by atoms with van der Waals surface area (Å²) >= 11 is 0. The summed E-state index contributed by atoms with van der Waals surface area (Å²) < 4.78 is 40.1. The quantitative estimate of drug-likeness (QED) is 0.878. The van der Waals surface area contributed by atoms with E-state index in [1.54, 1.807) is 12.1 Å². The second-order valence-electron chi connectivity index (χ2n) is 6.88. The van der Waals surface area contributed by atoms with Gasteiger partial charge in [0, 0.05) is 43.1 Å². The average molecular weight is 377 g/mol. The Morgan fingerprint density at radius 1 is 1.00 bits per heavy atom. The van der Waals surface area contributed by atoms with E-state index in [-0.39, 0.29) is 5.56 Å². The highest BCUT2D eigenvalue weighted by Gasteiger charge is 2.32. The van der Waals surface area contributed by atoms with E-state index in [0.29, 0.717) is 24.5 Å². The van der Waals surface area contributed by atoms with Gasteiger partial charge >= 0.3 is 6.18 Å². The highest BCUT2D eigenvalue weighted by Crippen LogP contribution is 2.33. The van der Waals surface area contributed by atoms with Crippen molar-refractivity contribution in [2.24, 2.45) is 0 Å². The van der Waals surface area contributed by atoms with E-state index < -0.39 is 17.6 Å². The molecule has 3 rings (SSSR count). The number of rotatable bonds is 3. The van der Waals surface area contributed by atoms with E-state index in [2.05, 4.69) is 10.2 Å². The number of likely N-dealkylation sites (N-methyl/N-ethyl adjacent to an activating group) is 1. The number of carbonyl (C=O) groups is 1. The van der Waals surface area contributed by atoms with Gasteiger partial charge in [-0.05, 0) is 44.3 Å². The monoisotopic (exact) mass is 377 g/mol. The molecule has 0 unspecified atom stereocenters. The van der Waals surface area contributed by atoms with Gasteiger partial charge < -0.3 is 15.1 Å². The van der Waals surface area contributed by atoms with Crippen molar-refractivity contribution < 1.29 is 18.0 Å². The first-order valence-electron chi connectivity index (χ1n) is 8.76. The molecule has 1 aliphatic heterocycles. The first-order valence-corrected chi connectivity index (χ1v) is 8.76. The lowest BCUT2D eigenvalue weighted by atomic mass is 10.1. The van der Waals surface area contributed by atoms with E-state index in [1.807, 2.05) is 31.0 Å². The molecule has 0 saturated carbocycles. The Hall–Kier alpha value is -2.54. The summed E-state index contributed by atoms with van der Waals surface area (Å²) in [4.78, 5) is 16.6. The molecule has 27 heavy (non-hydrogen) atoms. The summed E-state index contributed by atoms with van der Waals surface area (Å²) in [5.74, 6) is -0.555. The first-order chi connectivity index (χ1) is 12.7. The second-order valence-corrected chi connectivity index (χ2v) is 6.88. The number of amides is 1. The minimum absolute atomic E-state index is 0.000622. The molecule has 7 heteroatoms. The zero-order valence-corrected chi connectivity index (χ0v) is 15.3. The molecule has 0 aromatic heterocycles. The van der Waals surface area contributed by atoms with Crippen LogP contribution in [0.5, 0.6) is 0 Å². The molecule has 144 valence electrons. The van der Waals surface area contributed by atoms with Gasteiger partial charge in [-0.15, -0.1) is 0 Å². The second kappa shape index (κ2) is 7.60. The fourth-order valence-corrected chi connectivity index (χ4v) is 2.99. The summed E-state index contributed by atoms with van der Waals surface area (Å²) in [5, 5.41) is 2.67. The number of halogens is 3. The zero-order valence-electron chi connectivity index (χ0n) is 15.3. The number of piperazine rings is 1. The minimum Gasteiger partial charge on any atom is -0.369 e. The summed E-state index contributed by atoms with van der Waals surface area (Å²) in [6.45, 7) is 4.69. The van der Waals surface area contributed by atoms with Crippen molar-refractivity contribution in [2.75, 3.05) is 43.4 Å². The van der Waals surface area contributed by atoms with E-state index in [0.717, 1.165) is 30.8 Å². The van der Waals surface area contributed by atoms with E-state index in [9.17, 15) is 18.0 Å². The van der Waals surface area contributed by atoms with Crippen LogP contribution >= 0.6 is 0 Å². The molecule has 0 spiro atoms. The predicted molar refractivity (Wildman–Crippen MR) is 100 cm³/mol. The SMILES string of the molecule is Cc1ccc(NC(=O)c2cc(N3CCN(C)CC3)cc(C(F)(F)F)c2)cc1. The van der Waals surface area contributed by atoms with Gasteiger partial charge in [-0.3, -0.25) is 4.79 Å². The van der Waals surface area contributed by atoms with Crippen molar-refractivity contribution in [3.8, 4) is 0 Å². The molecule has 4 nitrogen and oxygen atoms in total. The lowest BCUT2D eigenvalue weighted by Crippen LogP contribution is -2.44. The number of aryl methyl sites for hydroxylation is 1. The molecule has 0 atom stereocenters. The molecule has 0 radical (unpaired) electrons. The number of nitrogens with zero attached hydrogens (tertiary/aromatic N) is 2. The van der Waals surface area contributed by atoms with E-state index >= 15 is 0 Å². The van der Waals surface area contributed by atoms with Gasteiger partial charge in [0.25, 0.3) is 5.91 Å². The van der Waals surface area contributed by atoms with Crippen LogP contribution in [0.2, 0.25) is 0 Å². The fourth-order valence-electron chi connectivity index (χ4n) is 2.99. The van der Waals surface area contributed by atoms with Crippen LogP contribution in [0.4, 0.5) is 24.5 Å². The molecule has 2 aromatic carbocycles. The van der Waals surface area contributed by atoms with Gasteiger partial charge in [0.15, 0.2) is 0 Å².